The summed E-state index contributed by atoms with van der Waals surface area (Å²) in [6, 6.07) is 0. The van der Waals surface area contributed by atoms with Gasteiger partial charge in [0.2, 0.25) is 0 Å². The minimum atomic E-state index is -1.17. The number of ketones is 1. The maximum atomic E-state index is 12.4. The quantitative estimate of drug-likeness (QED) is 0.494. The van der Waals surface area contributed by atoms with Crippen molar-refractivity contribution in [3.63, 3.8) is 0 Å². The molecule has 2 rings (SSSR count). The first kappa shape index (κ1) is 17.4. The zero-order chi connectivity index (χ0) is 17.3. The molecule has 1 saturated carbocycles. The van der Waals surface area contributed by atoms with Gasteiger partial charge in [-0.25, -0.2) is 4.79 Å². The van der Waals surface area contributed by atoms with Gasteiger partial charge in [0.25, 0.3) is 0 Å². The van der Waals surface area contributed by atoms with Gasteiger partial charge in [-0.05, 0) is 12.5 Å². The summed E-state index contributed by atoms with van der Waals surface area (Å²) < 4.78 is 4.60. The summed E-state index contributed by atoms with van der Waals surface area (Å²) in [5.74, 6) is -0.880. The van der Waals surface area contributed by atoms with Crippen LogP contribution in [0.1, 0.15) is 27.2 Å². The number of methoxy groups -OCH3 is 1. The Hall–Kier alpha value is -1.94. The van der Waals surface area contributed by atoms with Gasteiger partial charge in [-0.15, -0.1) is 0 Å². The first-order valence-electron chi connectivity index (χ1n) is 7.77. The molecule has 2 aliphatic rings. The zero-order valence-electron chi connectivity index (χ0n) is 14.1. The van der Waals surface area contributed by atoms with Gasteiger partial charge < -0.3 is 9.84 Å². The Balaban J connectivity index is 2.37. The van der Waals surface area contributed by atoms with E-state index in [1.165, 1.54) is 13.2 Å². The van der Waals surface area contributed by atoms with E-state index in [2.05, 4.69) is 4.74 Å². The van der Waals surface area contributed by atoms with Gasteiger partial charge in [0.15, 0.2) is 0 Å². The van der Waals surface area contributed by atoms with Crippen LogP contribution in [0.15, 0.2) is 48.1 Å². The number of rotatable bonds is 3. The molecule has 2 aliphatic carbocycles. The van der Waals surface area contributed by atoms with Crippen molar-refractivity contribution in [1.29, 1.82) is 0 Å². The van der Waals surface area contributed by atoms with Gasteiger partial charge in [-0.2, -0.15) is 0 Å². The molecule has 1 fully saturated rings. The van der Waals surface area contributed by atoms with Crippen LogP contribution in [0, 0.1) is 17.3 Å². The second kappa shape index (κ2) is 6.28. The number of carbonyl (C=O) groups excluding carboxylic acids is 2. The zero-order valence-corrected chi connectivity index (χ0v) is 14.1. The van der Waals surface area contributed by atoms with Crippen molar-refractivity contribution in [2.24, 2.45) is 17.3 Å². The Morgan fingerprint density at radius 2 is 2.00 bits per heavy atom. The van der Waals surface area contributed by atoms with Crippen molar-refractivity contribution in [3.8, 4) is 0 Å². The molecular formula is C19H24O4. The predicted molar refractivity (Wildman–Crippen MR) is 88.5 cm³/mol. The van der Waals surface area contributed by atoms with Crippen molar-refractivity contribution < 1.29 is 19.4 Å². The molecule has 0 aromatic carbocycles. The Bertz CT molecular complexity index is 621. The normalized spacial score (nSPS) is 32.9. The number of Topliss-reactive ketones (excluding diaryl/α,β-unsaturated/α-hetero) is 1. The second-order valence-electron chi connectivity index (χ2n) is 6.92. The van der Waals surface area contributed by atoms with E-state index in [1.807, 2.05) is 38.2 Å². The van der Waals surface area contributed by atoms with Crippen molar-refractivity contribution in [3.05, 3.63) is 48.1 Å². The number of fused-ring (bicyclic) bond motifs is 1. The summed E-state index contributed by atoms with van der Waals surface area (Å²) in [6.45, 7) is 5.57. The molecule has 0 bridgehead atoms. The van der Waals surface area contributed by atoms with Crippen LogP contribution in [0.4, 0.5) is 0 Å². The van der Waals surface area contributed by atoms with Crippen molar-refractivity contribution in [2.75, 3.05) is 7.11 Å². The largest absolute Gasteiger partial charge is 0.466 e. The highest BCUT2D eigenvalue weighted by atomic mass is 16.5. The van der Waals surface area contributed by atoms with E-state index in [1.54, 1.807) is 19.1 Å². The molecule has 4 heteroatoms. The molecule has 124 valence electrons. The fourth-order valence-corrected chi connectivity index (χ4v) is 3.37. The number of aliphatic hydroxyl groups is 1. The molecule has 0 aromatic heterocycles. The molecule has 0 spiro atoms. The first-order chi connectivity index (χ1) is 10.7. The molecule has 0 saturated heterocycles. The van der Waals surface area contributed by atoms with Gasteiger partial charge in [0, 0.05) is 29.7 Å². The summed E-state index contributed by atoms with van der Waals surface area (Å²) in [5.41, 5.74) is -1.08. The fraction of sp³-hybridized carbons (Fsp3) is 0.474. The highest BCUT2D eigenvalue weighted by Crippen LogP contribution is 2.50. The first-order valence-corrected chi connectivity index (χ1v) is 7.77. The molecule has 4 nitrogen and oxygen atoms in total. The molecule has 0 aliphatic heterocycles. The number of ether oxygens (including phenoxy) is 1. The molecule has 0 amide bonds. The van der Waals surface area contributed by atoms with Crippen molar-refractivity contribution >= 4 is 11.8 Å². The van der Waals surface area contributed by atoms with Gasteiger partial charge in [-0.1, -0.05) is 50.3 Å². The number of hydrogen-bond acceptors (Lipinski definition) is 4. The highest BCUT2D eigenvalue weighted by Gasteiger charge is 2.55. The summed E-state index contributed by atoms with van der Waals surface area (Å²) >= 11 is 0. The maximum Gasteiger partial charge on any atom is 0.330 e. The van der Waals surface area contributed by atoms with E-state index >= 15 is 0 Å². The third-order valence-electron chi connectivity index (χ3n) is 4.86. The minimum Gasteiger partial charge on any atom is -0.466 e. The maximum absolute atomic E-state index is 12.4. The van der Waals surface area contributed by atoms with Crippen molar-refractivity contribution in [1.82, 2.24) is 0 Å². The van der Waals surface area contributed by atoms with E-state index in [0.717, 1.165) is 0 Å². The van der Waals surface area contributed by atoms with E-state index < -0.39 is 17.0 Å². The number of esters is 1. The highest BCUT2D eigenvalue weighted by molar-refractivity contribution is 5.86. The summed E-state index contributed by atoms with van der Waals surface area (Å²) in [5, 5.41) is 11.4. The van der Waals surface area contributed by atoms with Gasteiger partial charge in [-0.3, -0.25) is 4.79 Å². The predicted octanol–water partition coefficient (Wildman–Crippen LogP) is 2.75. The van der Waals surface area contributed by atoms with Crippen LogP contribution in [0.3, 0.4) is 0 Å². The molecule has 0 radical (unpaired) electrons. The minimum absolute atomic E-state index is 0.153. The van der Waals surface area contributed by atoms with E-state index in [-0.39, 0.29) is 17.6 Å². The average molecular weight is 316 g/mol. The third-order valence-corrected chi connectivity index (χ3v) is 4.86. The van der Waals surface area contributed by atoms with Gasteiger partial charge in [0.1, 0.15) is 5.78 Å². The third kappa shape index (κ3) is 3.22. The van der Waals surface area contributed by atoms with Crippen LogP contribution in [-0.4, -0.2) is 29.6 Å². The lowest BCUT2D eigenvalue weighted by Crippen LogP contribution is -2.57. The monoisotopic (exact) mass is 316 g/mol. The lowest BCUT2D eigenvalue weighted by molar-refractivity contribution is -0.147. The Kier molecular flexibility index (Phi) is 4.76. The molecule has 0 aromatic rings. The SMILES string of the molecule is COC(=O)/C=C(C)\C=C\[C@@]1(O)C2C=CC=CC2C(=O)CC1(C)C. The molecule has 0 heterocycles. The second-order valence-corrected chi connectivity index (χ2v) is 6.92. The summed E-state index contributed by atoms with van der Waals surface area (Å²) in [4.78, 5) is 23.7. The Morgan fingerprint density at radius 3 is 2.65 bits per heavy atom. The standard InChI is InChI=1S/C19H24O4/c1-13(11-17(21)23-4)9-10-19(22)15-8-6-5-7-14(15)16(20)12-18(19,2)3/h5-11,14-15,22H,12H2,1-4H3/b10-9+,13-11-/t14?,15?,19-/m1/s1. The smallest absolute Gasteiger partial charge is 0.330 e. The molecule has 3 atom stereocenters. The van der Waals surface area contributed by atoms with E-state index in [9.17, 15) is 14.7 Å². The van der Waals surface area contributed by atoms with Crippen LogP contribution < -0.4 is 0 Å². The topological polar surface area (TPSA) is 63.6 Å². The average Bonchev–Trinajstić information content (AvgIpc) is 2.50. The lowest BCUT2D eigenvalue weighted by atomic mass is 9.55. The van der Waals surface area contributed by atoms with Crippen LogP contribution in [0.25, 0.3) is 0 Å². The van der Waals surface area contributed by atoms with E-state index in [4.69, 9.17) is 0 Å². The Labute approximate surface area is 137 Å². The number of hydrogen-bond donors (Lipinski definition) is 1. The summed E-state index contributed by atoms with van der Waals surface area (Å²) in [7, 11) is 1.32. The van der Waals surface area contributed by atoms with Crippen LogP contribution in [-0.2, 0) is 14.3 Å². The molecule has 23 heavy (non-hydrogen) atoms. The van der Waals surface area contributed by atoms with Crippen LogP contribution in [0.2, 0.25) is 0 Å². The fourth-order valence-electron chi connectivity index (χ4n) is 3.37. The van der Waals surface area contributed by atoms with Gasteiger partial charge in [0.05, 0.1) is 12.7 Å². The number of carbonyl (C=O) groups is 2. The molecular weight excluding hydrogens is 292 g/mol. The lowest BCUT2D eigenvalue weighted by Gasteiger charge is -2.51. The van der Waals surface area contributed by atoms with Gasteiger partial charge >= 0.3 is 5.97 Å². The summed E-state index contributed by atoms with van der Waals surface area (Å²) in [6.07, 6.45) is 12.6. The van der Waals surface area contributed by atoms with Crippen molar-refractivity contribution in [2.45, 2.75) is 32.8 Å². The van der Waals surface area contributed by atoms with Crippen LogP contribution >= 0.6 is 0 Å². The van der Waals surface area contributed by atoms with Crippen LogP contribution in [0.5, 0.6) is 0 Å². The Morgan fingerprint density at radius 1 is 1.35 bits per heavy atom. The molecule has 1 N–H and O–H groups in total. The number of allylic oxidation sites excluding steroid dienone is 5. The molecule has 2 unspecified atom stereocenters. The van der Waals surface area contributed by atoms with E-state index in [0.29, 0.717) is 12.0 Å².